The Kier molecular flexibility index (Phi) is 4.93. The predicted molar refractivity (Wildman–Crippen MR) is 86.8 cm³/mol. The molecule has 0 radical (unpaired) electrons. The van der Waals surface area contributed by atoms with E-state index in [2.05, 4.69) is 4.90 Å². The van der Waals surface area contributed by atoms with Gasteiger partial charge in [-0.1, -0.05) is 12.1 Å². The van der Waals surface area contributed by atoms with E-state index in [0.717, 1.165) is 17.7 Å². The number of hydrogen-bond acceptors (Lipinski definition) is 3. The van der Waals surface area contributed by atoms with Gasteiger partial charge in [-0.2, -0.15) is 4.31 Å². The lowest BCUT2D eigenvalue weighted by Gasteiger charge is -2.34. The monoisotopic (exact) mass is 352 g/mol. The van der Waals surface area contributed by atoms with Crippen LogP contribution in [0.25, 0.3) is 0 Å². The van der Waals surface area contributed by atoms with E-state index in [1.807, 2.05) is 6.07 Å². The predicted octanol–water partition coefficient (Wildman–Crippen LogP) is 2.47. The summed E-state index contributed by atoms with van der Waals surface area (Å²) in [6, 6.07) is 11.3. The Morgan fingerprint density at radius 1 is 0.875 bits per heavy atom. The summed E-state index contributed by atoms with van der Waals surface area (Å²) in [5.41, 5.74) is 0.866. The van der Waals surface area contributed by atoms with E-state index >= 15 is 0 Å². The third kappa shape index (κ3) is 3.80. The maximum absolute atomic E-state index is 13.2. The van der Waals surface area contributed by atoms with Crippen LogP contribution in [0.2, 0.25) is 0 Å². The molecule has 0 aliphatic carbocycles. The maximum atomic E-state index is 13.2. The van der Waals surface area contributed by atoms with Crippen LogP contribution < -0.4 is 0 Å². The Balaban J connectivity index is 1.63. The highest BCUT2D eigenvalue weighted by molar-refractivity contribution is 7.89. The minimum Gasteiger partial charge on any atom is -0.296 e. The molecule has 2 aromatic rings. The van der Waals surface area contributed by atoms with Crippen molar-refractivity contribution in [1.82, 2.24) is 9.21 Å². The second-order valence-corrected chi connectivity index (χ2v) is 7.70. The molecule has 128 valence electrons. The molecule has 1 aliphatic rings. The summed E-state index contributed by atoms with van der Waals surface area (Å²) in [5, 5.41) is 0. The first-order chi connectivity index (χ1) is 11.4. The van der Waals surface area contributed by atoms with E-state index in [9.17, 15) is 17.2 Å². The molecular weight excluding hydrogens is 334 g/mol. The van der Waals surface area contributed by atoms with Gasteiger partial charge in [-0.05, 0) is 42.0 Å². The molecule has 1 fully saturated rings. The topological polar surface area (TPSA) is 40.6 Å². The van der Waals surface area contributed by atoms with Crippen molar-refractivity contribution in [2.45, 2.75) is 11.4 Å². The molecule has 24 heavy (non-hydrogen) atoms. The van der Waals surface area contributed by atoms with Gasteiger partial charge >= 0.3 is 0 Å². The highest BCUT2D eigenvalue weighted by Crippen LogP contribution is 2.19. The second kappa shape index (κ2) is 6.96. The third-order valence-electron chi connectivity index (χ3n) is 4.08. The standard InChI is InChI=1S/C17H18F2N2O2S/c18-15-4-6-17(7-5-15)24(22,23)21-10-8-20(9-11-21)13-14-2-1-3-16(19)12-14/h1-7,12H,8-11,13H2. The molecule has 3 rings (SSSR count). The van der Waals surface area contributed by atoms with Crippen molar-refractivity contribution in [3.8, 4) is 0 Å². The quantitative estimate of drug-likeness (QED) is 0.849. The zero-order valence-corrected chi connectivity index (χ0v) is 13.8. The van der Waals surface area contributed by atoms with Crippen LogP contribution in [0.4, 0.5) is 8.78 Å². The smallest absolute Gasteiger partial charge is 0.243 e. The fourth-order valence-electron chi connectivity index (χ4n) is 2.78. The summed E-state index contributed by atoms with van der Waals surface area (Å²) in [4.78, 5) is 2.19. The first-order valence-corrected chi connectivity index (χ1v) is 9.12. The number of hydrogen-bond donors (Lipinski definition) is 0. The molecule has 0 aromatic heterocycles. The summed E-state index contributed by atoms with van der Waals surface area (Å²) < 4.78 is 52.7. The third-order valence-corrected chi connectivity index (χ3v) is 5.99. The average molecular weight is 352 g/mol. The molecule has 2 aromatic carbocycles. The number of nitrogens with zero attached hydrogens (tertiary/aromatic N) is 2. The molecule has 4 nitrogen and oxygen atoms in total. The van der Waals surface area contributed by atoms with E-state index in [4.69, 9.17) is 0 Å². The Morgan fingerprint density at radius 2 is 1.54 bits per heavy atom. The van der Waals surface area contributed by atoms with Crippen LogP contribution in [0, 0.1) is 11.6 Å². The van der Waals surface area contributed by atoms with E-state index in [-0.39, 0.29) is 10.7 Å². The van der Waals surface area contributed by atoms with Gasteiger partial charge < -0.3 is 0 Å². The Hall–Kier alpha value is -1.83. The van der Waals surface area contributed by atoms with Crippen molar-refractivity contribution in [3.05, 3.63) is 65.7 Å². The molecule has 1 aliphatic heterocycles. The van der Waals surface area contributed by atoms with Gasteiger partial charge in [0.15, 0.2) is 0 Å². The fraction of sp³-hybridized carbons (Fsp3) is 0.294. The molecule has 0 bridgehead atoms. The molecule has 0 N–H and O–H groups in total. The van der Waals surface area contributed by atoms with Gasteiger partial charge in [0.05, 0.1) is 4.90 Å². The van der Waals surface area contributed by atoms with Gasteiger partial charge in [-0.25, -0.2) is 17.2 Å². The lowest BCUT2D eigenvalue weighted by molar-refractivity contribution is 0.181. The minimum atomic E-state index is -3.60. The zero-order chi connectivity index (χ0) is 17.2. The van der Waals surface area contributed by atoms with Crippen molar-refractivity contribution in [2.75, 3.05) is 26.2 Å². The molecule has 0 saturated carbocycles. The lowest BCUT2D eigenvalue weighted by Crippen LogP contribution is -2.48. The molecule has 0 amide bonds. The van der Waals surface area contributed by atoms with Crippen molar-refractivity contribution in [1.29, 1.82) is 0 Å². The van der Waals surface area contributed by atoms with E-state index in [1.54, 1.807) is 6.07 Å². The Morgan fingerprint density at radius 3 is 2.17 bits per heavy atom. The van der Waals surface area contributed by atoms with Gasteiger partial charge in [0.25, 0.3) is 0 Å². The van der Waals surface area contributed by atoms with Crippen LogP contribution in [0.3, 0.4) is 0 Å². The number of benzene rings is 2. The summed E-state index contributed by atoms with van der Waals surface area (Å²) in [6.45, 7) is 2.43. The zero-order valence-electron chi connectivity index (χ0n) is 13.0. The minimum absolute atomic E-state index is 0.0995. The highest BCUT2D eigenvalue weighted by atomic mass is 32.2. The van der Waals surface area contributed by atoms with E-state index in [1.165, 1.54) is 28.6 Å². The van der Waals surface area contributed by atoms with Gasteiger partial charge in [-0.15, -0.1) is 0 Å². The number of sulfonamides is 1. The molecule has 0 unspecified atom stereocenters. The van der Waals surface area contributed by atoms with Crippen LogP contribution in [-0.4, -0.2) is 43.8 Å². The number of piperazine rings is 1. The van der Waals surface area contributed by atoms with Crippen LogP contribution in [0.1, 0.15) is 5.56 Å². The SMILES string of the molecule is O=S(=O)(c1ccc(F)cc1)N1CCN(Cc2cccc(F)c2)CC1. The van der Waals surface area contributed by atoms with E-state index in [0.29, 0.717) is 32.7 Å². The van der Waals surface area contributed by atoms with Crippen molar-refractivity contribution < 1.29 is 17.2 Å². The van der Waals surface area contributed by atoms with Gasteiger partial charge in [0.1, 0.15) is 11.6 Å². The first-order valence-electron chi connectivity index (χ1n) is 7.68. The molecule has 1 saturated heterocycles. The summed E-state index contributed by atoms with van der Waals surface area (Å²) in [6.07, 6.45) is 0. The maximum Gasteiger partial charge on any atom is 0.243 e. The van der Waals surface area contributed by atoms with Crippen molar-refractivity contribution >= 4 is 10.0 Å². The number of halogens is 2. The number of rotatable bonds is 4. The second-order valence-electron chi connectivity index (χ2n) is 5.76. The Bertz CT molecular complexity index is 802. The van der Waals surface area contributed by atoms with Crippen LogP contribution in [-0.2, 0) is 16.6 Å². The molecule has 0 spiro atoms. The average Bonchev–Trinajstić information content (AvgIpc) is 2.56. The van der Waals surface area contributed by atoms with E-state index < -0.39 is 15.8 Å². The molecule has 0 atom stereocenters. The fourth-order valence-corrected chi connectivity index (χ4v) is 4.20. The van der Waals surface area contributed by atoms with Crippen molar-refractivity contribution in [3.63, 3.8) is 0 Å². The molecular formula is C17H18F2N2O2S. The Labute approximate surface area is 140 Å². The van der Waals surface area contributed by atoms with Gasteiger partial charge in [0, 0.05) is 32.7 Å². The molecule has 1 heterocycles. The largest absolute Gasteiger partial charge is 0.296 e. The highest BCUT2D eigenvalue weighted by Gasteiger charge is 2.28. The molecule has 7 heteroatoms. The van der Waals surface area contributed by atoms with Crippen LogP contribution in [0.5, 0.6) is 0 Å². The van der Waals surface area contributed by atoms with Crippen molar-refractivity contribution in [2.24, 2.45) is 0 Å². The summed E-state index contributed by atoms with van der Waals surface area (Å²) in [5.74, 6) is -0.737. The normalized spacial score (nSPS) is 17.1. The summed E-state index contributed by atoms with van der Waals surface area (Å²) >= 11 is 0. The van der Waals surface area contributed by atoms with Gasteiger partial charge in [0.2, 0.25) is 10.0 Å². The summed E-state index contributed by atoms with van der Waals surface area (Å²) in [7, 11) is -3.60. The lowest BCUT2D eigenvalue weighted by atomic mass is 10.2. The first kappa shape index (κ1) is 17.0. The van der Waals surface area contributed by atoms with Crippen LogP contribution in [0.15, 0.2) is 53.4 Å². The van der Waals surface area contributed by atoms with Gasteiger partial charge in [-0.3, -0.25) is 4.90 Å². The van der Waals surface area contributed by atoms with Crippen LogP contribution >= 0.6 is 0 Å².